The molecule has 116 heavy (non-hydrogen) atoms. The molecule has 0 unspecified atom stereocenters. The molecule has 0 spiro atoms. The van der Waals surface area contributed by atoms with Gasteiger partial charge in [0.25, 0.3) is 6.71 Å². The van der Waals surface area contributed by atoms with Gasteiger partial charge in [0.1, 0.15) is 0 Å². The summed E-state index contributed by atoms with van der Waals surface area (Å²) in [6.07, 6.45) is 0. The summed E-state index contributed by atoms with van der Waals surface area (Å²) in [4.78, 5) is 5.52. The fourth-order valence-electron chi connectivity index (χ4n) is 19.0. The number of rotatable bonds is 9. The molecule has 0 radical (unpaired) electrons. The second-order valence-electron chi connectivity index (χ2n) is 37.8. The number of hydrogen-bond donors (Lipinski definition) is 0. The van der Waals surface area contributed by atoms with Crippen molar-refractivity contribution in [3.63, 3.8) is 0 Å². The highest BCUT2D eigenvalue weighted by atomic mass is 15.2. The highest BCUT2D eigenvalue weighted by Crippen LogP contribution is 2.57. The number of anilines is 6. The molecular formula is C110H98BN5. The fourth-order valence-corrected chi connectivity index (χ4v) is 19.0. The minimum atomic E-state index is -0.365. The van der Waals surface area contributed by atoms with Gasteiger partial charge in [0, 0.05) is 94.4 Å². The SMILES string of the molecule is CC(C)(C)c1cc(-c2ccccc2)c(N2c3cc(-n4c5ccc(C(C)(C)C)cc5c5cc(C(C)(C)C)ccc54)ccc3B3c4ccc(-n5c6ccccc6c6ccc7c8ccccc8n(-c8ccccc8)c7c65)cc4N(c4c(-c5ccccc5)cc(C(C)(C)C)cc4-c4ccccc4)c4cc(C(C)(C)C)cc2c43)c(-c2ccccc2)c1. The summed E-state index contributed by atoms with van der Waals surface area (Å²) in [7, 11) is 0. The van der Waals surface area contributed by atoms with Gasteiger partial charge < -0.3 is 23.5 Å². The lowest BCUT2D eigenvalue weighted by Gasteiger charge is -2.47. The second-order valence-corrected chi connectivity index (χ2v) is 37.8. The standard InChI is InChI=1S/C110H98BN5/c1-106(2,3)73-49-57-95-89(59-73)90-60-74(107(4,5)6)50-58-96(90)112(95)79-51-55-91-97(67-79)115(102-85(69-35-21-16-22-36-69)61-75(108(7,8)9)62-86(102)70-37-23-17-24-38-70)99-65-77(110(13,14)15)66-100-101(99)111(91)92-56-52-80(68-98(92)116(100)103-87(71-39-25-18-26-40-71)63-76(109(10,11)12)64-88(103)72-41-27-19-28-42-72)114-94-48-34-32-46-82(94)84-54-53-83-81-45-31-33-47-93(81)113(104(83)105(84)114)78-43-29-20-30-44-78/h16-68H,1-15H3. The van der Waals surface area contributed by atoms with Gasteiger partial charge in [-0.05, 0) is 203 Å². The molecule has 18 aromatic rings. The number of benzene rings is 15. The summed E-state index contributed by atoms with van der Waals surface area (Å²) >= 11 is 0. The van der Waals surface area contributed by atoms with Gasteiger partial charge in [-0.15, -0.1) is 0 Å². The molecule has 6 heteroatoms. The predicted molar refractivity (Wildman–Crippen MR) is 499 cm³/mol. The van der Waals surface area contributed by atoms with E-state index in [0.717, 1.165) is 95.6 Å². The molecule has 5 heterocycles. The van der Waals surface area contributed by atoms with Gasteiger partial charge >= 0.3 is 0 Å². The summed E-state index contributed by atoms with van der Waals surface area (Å²) in [6.45, 7) is 35.2. The Labute approximate surface area is 683 Å². The van der Waals surface area contributed by atoms with Crippen LogP contribution in [0, 0.1) is 0 Å². The van der Waals surface area contributed by atoms with Crippen molar-refractivity contribution < 1.29 is 0 Å². The number of para-hydroxylation sites is 3. The molecule has 5 nitrogen and oxygen atoms in total. The molecule has 0 fully saturated rings. The lowest BCUT2D eigenvalue weighted by molar-refractivity contribution is 0.590. The van der Waals surface area contributed by atoms with Crippen molar-refractivity contribution in [2.45, 2.75) is 131 Å². The van der Waals surface area contributed by atoms with Crippen molar-refractivity contribution in [1.29, 1.82) is 0 Å². The van der Waals surface area contributed by atoms with Crippen LogP contribution in [-0.2, 0) is 27.1 Å². The Morgan fingerprint density at radius 1 is 0.216 bits per heavy atom. The summed E-state index contributed by atoms with van der Waals surface area (Å²) in [6, 6.07) is 124. The van der Waals surface area contributed by atoms with Crippen molar-refractivity contribution in [3.05, 3.63) is 349 Å². The largest absolute Gasteiger partial charge is 0.310 e. The minimum absolute atomic E-state index is 0.0709. The third-order valence-corrected chi connectivity index (χ3v) is 25.1. The first-order valence-corrected chi connectivity index (χ1v) is 41.5. The predicted octanol–water partition coefficient (Wildman–Crippen LogP) is 28.2. The summed E-state index contributed by atoms with van der Waals surface area (Å²) < 4.78 is 7.70. The number of aromatic nitrogens is 3. The van der Waals surface area contributed by atoms with Crippen LogP contribution >= 0.6 is 0 Å². The Morgan fingerprint density at radius 3 is 0.888 bits per heavy atom. The Balaban J connectivity index is 0.978. The third-order valence-electron chi connectivity index (χ3n) is 25.1. The number of hydrogen-bond acceptors (Lipinski definition) is 2. The molecule has 2 aliphatic heterocycles. The normalized spacial score (nSPS) is 13.2. The number of nitrogens with zero attached hydrogens (tertiary/aromatic N) is 5. The molecule has 0 atom stereocenters. The van der Waals surface area contributed by atoms with E-state index in [9.17, 15) is 0 Å². The minimum Gasteiger partial charge on any atom is -0.310 e. The zero-order chi connectivity index (χ0) is 79.8. The first-order chi connectivity index (χ1) is 55.7. The monoisotopic (exact) mass is 1500 g/mol. The van der Waals surface area contributed by atoms with E-state index in [1.54, 1.807) is 0 Å². The van der Waals surface area contributed by atoms with Crippen LogP contribution in [0.4, 0.5) is 34.1 Å². The first-order valence-electron chi connectivity index (χ1n) is 41.5. The van der Waals surface area contributed by atoms with Gasteiger partial charge in [-0.2, -0.15) is 0 Å². The van der Waals surface area contributed by atoms with Crippen LogP contribution in [0.1, 0.15) is 132 Å². The van der Waals surface area contributed by atoms with E-state index in [0.29, 0.717) is 0 Å². The maximum Gasteiger partial charge on any atom is 0.252 e. The highest BCUT2D eigenvalue weighted by molar-refractivity contribution is 7.00. The van der Waals surface area contributed by atoms with Crippen LogP contribution in [0.5, 0.6) is 0 Å². The highest BCUT2D eigenvalue weighted by Gasteiger charge is 2.47. The number of fused-ring (bicyclic) bond motifs is 14. The van der Waals surface area contributed by atoms with Gasteiger partial charge in [0.2, 0.25) is 0 Å². The molecule has 566 valence electrons. The van der Waals surface area contributed by atoms with Crippen LogP contribution < -0.4 is 26.2 Å². The van der Waals surface area contributed by atoms with Gasteiger partial charge in [-0.3, -0.25) is 0 Å². The molecule has 0 saturated carbocycles. The summed E-state index contributed by atoms with van der Waals surface area (Å²) in [5.41, 5.74) is 35.6. The lowest BCUT2D eigenvalue weighted by Crippen LogP contribution is -2.61. The van der Waals surface area contributed by atoms with Crippen molar-refractivity contribution in [2.75, 3.05) is 9.80 Å². The van der Waals surface area contributed by atoms with Crippen molar-refractivity contribution in [3.8, 4) is 61.6 Å². The maximum absolute atomic E-state index is 2.76. The summed E-state index contributed by atoms with van der Waals surface area (Å²) in [5, 5.41) is 7.36. The molecule has 0 bridgehead atoms. The lowest BCUT2D eigenvalue weighted by atomic mass is 9.33. The molecule has 0 amide bonds. The van der Waals surface area contributed by atoms with Gasteiger partial charge in [0.05, 0.1) is 44.5 Å². The van der Waals surface area contributed by atoms with E-state index in [2.05, 4.69) is 449 Å². The van der Waals surface area contributed by atoms with E-state index in [1.807, 2.05) is 0 Å². The molecule has 15 aromatic carbocycles. The average molecular weight is 1500 g/mol. The van der Waals surface area contributed by atoms with Crippen LogP contribution in [0.2, 0.25) is 0 Å². The fraction of sp³-hybridized carbons (Fsp3) is 0.182. The van der Waals surface area contributed by atoms with Crippen molar-refractivity contribution >= 4 is 123 Å². The second kappa shape index (κ2) is 26.5. The van der Waals surface area contributed by atoms with E-state index >= 15 is 0 Å². The van der Waals surface area contributed by atoms with Crippen molar-refractivity contribution in [2.24, 2.45) is 0 Å². The van der Waals surface area contributed by atoms with Gasteiger partial charge in [-0.1, -0.05) is 316 Å². The first kappa shape index (κ1) is 72.3. The Kier molecular flexibility index (Phi) is 16.5. The average Bonchev–Trinajstić information content (AvgIpc) is 0.793. The zero-order valence-corrected chi connectivity index (χ0v) is 69.4. The maximum atomic E-state index is 2.76. The van der Waals surface area contributed by atoms with E-state index < -0.39 is 0 Å². The smallest absolute Gasteiger partial charge is 0.252 e. The Morgan fingerprint density at radius 2 is 0.526 bits per heavy atom. The molecule has 20 rings (SSSR count). The van der Waals surface area contributed by atoms with Crippen LogP contribution in [0.3, 0.4) is 0 Å². The van der Waals surface area contributed by atoms with Crippen LogP contribution in [0.15, 0.2) is 322 Å². The van der Waals surface area contributed by atoms with Crippen molar-refractivity contribution in [1.82, 2.24) is 13.7 Å². The third kappa shape index (κ3) is 11.6. The van der Waals surface area contributed by atoms with Gasteiger partial charge in [0.15, 0.2) is 0 Å². The molecule has 0 aliphatic carbocycles. The Hall–Kier alpha value is -12.6. The quantitative estimate of drug-likeness (QED) is 0.134. The molecular weight excluding hydrogens is 1400 g/mol. The molecule has 0 N–H and O–H groups in total. The van der Waals surface area contributed by atoms with E-state index in [1.165, 1.54) is 110 Å². The van der Waals surface area contributed by atoms with Crippen LogP contribution in [-0.4, -0.2) is 20.4 Å². The summed E-state index contributed by atoms with van der Waals surface area (Å²) in [5.74, 6) is 0. The topological polar surface area (TPSA) is 21.3 Å². The van der Waals surface area contributed by atoms with E-state index in [-0.39, 0.29) is 33.8 Å². The molecule has 2 aliphatic rings. The molecule has 0 saturated heterocycles. The Bertz CT molecular complexity index is 6810. The molecule has 3 aromatic heterocycles. The van der Waals surface area contributed by atoms with E-state index in [4.69, 9.17) is 0 Å². The zero-order valence-electron chi connectivity index (χ0n) is 69.4. The van der Waals surface area contributed by atoms with Gasteiger partial charge in [-0.25, -0.2) is 0 Å². The van der Waals surface area contributed by atoms with Crippen LogP contribution in [0.25, 0.3) is 127 Å².